The van der Waals surface area contributed by atoms with E-state index < -0.39 is 0 Å². The zero-order chi connectivity index (χ0) is 9.42. The molecule has 0 bridgehead atoms. The van der Waals surface area contributed by atoms with Crippen molar-refractivity contribution in [1.82, 2.24) is 16.0 Å². The van der Waals surface area contributed by atoms with E-state index in [4.69, 9.17) is 0 Å². The summed E-state index contributed by atoms with van der Waals surface area (Å²) < 4.78 is 1.62. The molecule has 2 aliphatic heterocycles. The molecule has 1 amide bonds. The molecule has 0 fully saturated rings. The van der Waals surface area contributed by atoms with Gasteiger partial charge in [0.25, 0.3) is 0 Å². The van der Waals surface area contributed by atoms with E-state index in [1.54, 1.807) is 11.6 Å². The maximum Gasteiger partial charge on any atom is 0.438 e. The van der Waals surface area contributed by atoms with E-state index in [1.807, 2.05) is 18.1 Å². The Morgan fingerprint density at radius 2 is 2.46 bits per heavy atom. The van der Waals surface area contributed by atoms with Gasteiger partial charge in [-0.15, -0.1) is 5.53 Å². The lowest BCUT2D eigenvalue weighted by Crippen LogP contribution is -2.39. The van der Waals surface area contributed by atoms with Crippen LogP contribution >= 0.6 is 0 Å². The van der Waals surface area contributed by atoms with Crippen LogP contribution in [0.25, 0.3) is 0 Å². The van der Waals surface area contributed by atoms with Crippen LogP contribution in [0.4, 0.5) is 0 Å². The maximum atomic E-state index is 11.7. The van der Waals surface area contributed by atoms with Crippen LogP contribution in [0, 0.1) is 0 Å². The first-order valence-corrected chi connectivity index (χ1v) is 4.37. The molecule has 70 valence electrons. The molecule has 0 aromatic carbocycles. The van der Waals surface area contributed by atoms with Crippen LogP contribution in [-0.2, 0) is 4.79 Å². The first kappa shape index (κ1) is 8.25. The number of hydrogen-bond donors (Lipinski definition) is 2. The van der Waals surface area contributed by atoms with E-state index in [-0.39, 0.29) is 5.91 Å². The van der Waals surface area contributed by atoms with E-state index in [1.165, 1.54) is 0 Å². The monoisotopic (exact) mass is 181 g/mol. The van der Waals surface area contributed by atoms with Gasteiger partial charge in [0.15, 0.2) is 11.9 Å². The Morgan fingerprint density at radius 3 is 3.15 bits per heavy atom. The van der Waals surface area contributed by atoms with Crippen LogP contribution in [-0.4, -0.2) is 35.3 Å². The molecule has 13 heavy (non-hydrogen) atoms. The maximum absolute atomic E-state index is 11.7. The van der Waals surface area contributed by atoms with Crippen molar-refractivity contribution in [3.05, 3.63) is 11.4 Å². The van der Waals surface area contributed by atoms with Crippen molar-refractivity contribution in [1.29, 1.82) is 0 Å². The van der Waals surface area contributed by atoms with Gasteiger partial charge in [0.05, 0.1) is 12.1 Å². The zero-order valence-corrected chi connectivity index (χ0v) is 7.79. The zero-order valence-electron chi connectivity index (χ0n) is 7.79. The number of allylic oxidation sites excluding steroid dienone is 1. The van der Waals surface area contributed by atoms with Gasteiger partial charge in [-0.2, -0.15) is 4.58 Å². The lowest BCUT2D eigenvalue weighted by molar-refractivity contribution is -0.413. The minimum atomic E-state index is 0.0422. The standard InChI is InChI=1S/C8H12N4O/c1-3-12-7-6(9-10-12)4-5-11(2)8(7)13/h5,10H,3-4H2,1-2H3/p+1. The van der Waals surface area contributed by atoms with Crippen molar-refractivity contribution in [2.24, 2.45) is 0 Å². The molecule has 0 aliphatic carbocycles. The molecule has 5 nitrogen and oxygen atoms in total. The van der Waals surface area contributed by atoms with E-state index in [0.29, 0.717) is 0 Å². The Balaban J connectivity index is 2.33. The molecule has 2 heterocycles. The molecular weight excluding hydrogens is 168 g/mol. The number of hydrazine groups is 2. The first-order chi connectivity index (χ1) is 6.24. The summed E-state index contributed by atoms with van der Waals surface area (Å²) in [5.74, 6) is 0.0422. The molecular formula is C8H13N4O+. The Labute approximate surface area is 76.7 Å². The molecule has 0 aromatic heterocycles. The average molecular weight is 181 g/mol. The summed E-state index contributed by atoms with van der Waals surface area (Å²) in [5, 5.41) is 1.82. The third kappa shape index (κ3) is 1.12. The van der Waals surface area contributed by atoms with E-state index >= 15 is 0 Å². The number of carbonyl (C=O) groups is 1. The molecule has 0 radical (unpaired) electrons. The fraction of sp³-hybridized carbons (Fsp3) is 0.500. The van der Waals surface area contributed by atoms with Gasteiger partial charge in [-0.3, -0.25) is 5.01 Å². The van der Waals surface area contributed by atoms with Crippen LogP contribution in [0.2, 0.25) is 0 Å². The highest BCUT2D eigenvalue weighted by Gasteiger charge is 2.35. The number of rotatable bonds is 1. The highest BCUT2D eigenvalue weighted by atomic mass is 16.2. The second kappa shape index (κ2) is 2.85. The fourth-order valence-corrected chi connectivity index (χ4v) is 1.52. The second-order valence-electron chi connectivity index (χ2n) is 3.11. The minimum Gasteiger partial charge on any atom is -0.305 e. The summed E-state index contributed by atoms with van der Waals surface area (Å²) in [5.41, 5.74) is 7.63. The third-order valence-corrected chi connectivity index (χ3v) is 2.31. The number of amides is 1. The molecule has 0 spiro atoms. The average Bonchev–Trinajstić information content (AvgIpc) is 2.55. The summed E-state index contributed by atoms with van der Waals surface area (Å²) in [4.78, 5) is 11.7. The van der Waals surface area contributed by atoms with Gasteiger partial charge < -0.3 is 5.43 Å². The van der Waals surface area contributed by atoms with Crippen LogP contribution < -0.4 is 11.0 Å². The summed E-state index contributed by atoms with van der Waals surface area (Å²) in [7, 11) is 1.78. The molecule has 0 saturated heterocycles. The molecule has 0 atom stereocenters. The molecule has 0 unspecified atom stereocenters. The highest BCUT2D eigenvalue weighted by Crippen LogP contribution is 2.17. The summed E-state index contributed by atoms with van der Waals surface area (Å²) >= 11 is 0. The number of carbonyl (C=O) groups excluding carboxylic acids is 1. The Bertz CT molecular complexity index is 318. The largest absolute Gasteiger partial charge is 0.438 e. The van der Waals surface area contributed by atoms with E-state index in [9.17, 15) is 4.79 Å². The van der Waals surface area contributed by atoms with Gasteiger partial charge in [0, 0.05) is 6.54 Å². The minimum absolute atomic E-state index is 0.0422. The molecule has 2 rings (SSSR count). The number of nitrogens with one attached hydrogen (secondary N) is 2. The summed E-state index contributed by atoms with van der Waals surface area (Å²) in [6.45, 7) is 2.77. The van der Waals surface area contributed by atoms with Crippen LogP contribution in [0.1, 0.15) is 13.3 Å². The quantitative estimate of drug-likeness (QED) is 0.519. The molecule has 2 aliphatic rings. The van der Waals surface area contributed by atoms with Crippen molar-refractivity contribution >= 4 is 12.1 Å². The number of likely N-dealkylation sites (N-methyl/N-ethyl adjacent to an activating group) is 2. The number of hydrogen-bond acceptors (Lipinski definition) is 4. The van der Waals surface area contributed by atoms with Crippen molar-refractivity contribution < 1.29 is 9.37 Å². The molecule has 2 N–H and O–H groups in total. The molecule has 5 heteroatoms. The van der Waals surface area contributed by atoms with E-state index in [2.05, 4.69) is 11.0 Å². The normalized spacial score (nSPS) is 21.5. The Hall–Kier alpha value is -1.36. The highest BCUT2D eigenvalue weighted by molar-refractivity contribution is 5.92. The summed E-state index contributed by atoms with van der Waals surface area (Å²) in [6.07, 6.45) is 2.65. The molecule has 0 aromatic rings. The topological polar surface area (TPSA) is 47.4 Å². The third-order valence-electron chi connectivity index (χ3n) is 2.31. The van der Waals surface area contributed by atoms with Gasteiger partial charge in [-0.25, -0.2) is 4.79 Å². The first-order valence-electron chi connectivity index (χ1n) is 4.37. The van der Waals surface area contributed by atoms with Gasteiger partial charge in [-0.1, -0.05) is 0 Å². The van der Waals surface area contributed by atoms with Gasteiger partial charge >= 0.3 is 5.91 Å². The predicted molar refractivity (Wildman–Crippen MR) is 47.5 cm³/mol. The second-order valence-corrected chi connectivity index (χ2v) is 3.11. The van der Waals surface area contributed by atoms with Crippen molar-refractivity contribution in [2.45, 2.75) is 13.3 Å². The van der Waals surface area contributed by atoms with Gasteiger partial charge in [-0.05, 0) is 6.92 Å². The number of nitrogens with zero attached hydrogens (tertiary/aromatic N) is 2. The van der Waals surface area contributed by atoms with E-state index in [0.717, 1.165) is 24.4 Å². The Kier molecular flexibility index (Phi) is 1.81. The predicted octanol–water partition coefficient (Wildman–Crippen LogP) is -0.814. The lowest BCUT2D eigenvalue weighted by Gasteiger charge is -2.15. The van der Waals surface area contributed by atoms with Gasteiger partial charge in [0.2, 0.25) is 0 Å². The fourth-order valence-electron chi connectivity index (χ4n) is 1.52. The van der Waals surface area contributed by atoms with Crippen LogP contribution in [0.15, 0.2) is 11.4 Å². The smallest absolute Gasteiger partial charge is 0.305 e. The molecule has 0 saturated carbocycles. The SMILES string of the molecule is CCN1NNC2=C1C(=O)[N+](C)=CC2. The Morgan fingerprint density at radius 1 is 1.69 bits per heavy atom. The van der Waals surface area contributed by atoms with Crippen molar-refractivity contribution in [3.8, 4) is 0 Å². The van der Waals surface area contributed by atoms with Crippen LogP contribution in [0.5, 0.6) is 0 Å². The van der Waals surface area contributed by atoms with Gasteiger partial charge in [0.1, 0.15) is 7.05 Å². The van der Waals surface area contributed by atoms with Crippen LogP contribution in [0.3, 0.4) is 0 Å². The van der Waals surface area contributed by atoms with Crippen molar-refractivity contribution in [3.63, 3.8) is 0 Å². The summed E-state index contributed by atoms with van der Waals surface area (Å²) in [6, 6.07) is 0. The van der Waals surface area contributed by atoms with Crippen molar-refractivity contribution in [2.75, 3.05) is 13.6 Å². The lowest BCUT2D eigenvalue weighted by atomic mass is 10.2.